The molecule has 0 saturated heterocycles. The van der Waals surface area contributed by atoms with E-state index in [0.29, 0.717) is 24.5 Å². The molecule has 0 fully saturated rings. The largest absolute Gasteiger partial charge is 0.360 e. The second kappa shape index (κ2) is 8.60. The predicted molar refractivity (Wildman–Crippen MR) is 102 cm³/mol. The average molecular weight is 367 g/mol. The van der Waals surface area contributed by atoms with Gasteiger partial charge in [-0.25, -0.2) is 4.39 Å². The highest BCUT2D eigenvalue weighted by Gasteiger charge is 2.20. The van der Waals surface area contributed by atoms with Crippen LogP contribution in [0.2, 0.25) is 0 Å². The van der Waals surface area contributed by atoms with Gasteiger partial charge in [-0.1, -0.05) is 47.6 Å². The number of carbonyl (C=O) groups excluding carboxylic acids is 1. The lowest BCUT2D eigenvalue weighted by Crippen LogP contribution is -2.29. The molecule has 0 unspecified atom stereocenters. The molecule has 1 N–H and O–H groups in total. The summed E-state index contributed by atoms with van der Waals surface area (Å²) in [7, 11) is 1.95. The third kappa shape index (κ3) is 5.01. The van der Waals surface area contributed by atoms with Crippen molar-refractivity contribution in [3.8, 4) is 0 Å². The fraction of sp³-hybridized carbons (Fsp3) is 0.238. The maximum atomic E-state index is 13.3. The summed E-state index contributed by atoms with van der Waals surface area (Å²) in [5, 5.41) is 6.49. The van der Waals surface area contributed by atoms with Crippen molar-refractivity contribution >= 4 is 11.7 Å². The molecular weight excluding hydrogens is 345 g/mol. The van der Waals surface area contributed by atoms with Crippen LogP contribution in [0.4, 0.5) is 10.2 Å². The van der Waals surface area contributed by atoms with E-state index in [0.717, 1.165) is 11.1 Å². The topological polar surface area (TPSA) is 58.4 Å². The lowest BCUT2D eigenvalue weighted by atomic mass is 9.97. The number of carbonyl (C=O) groups is 1. The van der Waals surface area contributed by atoms with Gasteiger partial charge in [0.15, 0.2) is 5.82 Å². The van der Waals surface area contributed by atoms with Gasteiger partial charge in [0.2, 0.25) is 5.91 Å². The first kappa shape index (κ1) is 18.8. The van der Waals surface area contributed by atoms with E-state index >= 15 is 0 Å². The smallest absolute Gasteiger partial charge is 0.226 e. The van der Waals surface area contributed by atoms with E-state index in [1.165, 1.54) is 12.1 Å². The molecule has 0 radical (unpaired) electrons. The highest BCUT2D eigenvalue weighted by Crippen LogP contribution is 2.27. The molecule has 1 amide bonds. The second-order valence-corrected chi connectivity index (χ2v) is 6.47. The van der Waals surface area contributed by atoms with Crippen molar-refractivity contribution < 1.29 is 13.7 Å². The van der Waals surface area contributed by atoms with Gasteiger partial charge in [0, 0.05) is 19.0 Å². The van der Waals surface area contributed by atoms with Gasteiger partial charge in [-0.15, -0.1) is 0 Å². The number of hydrogen-bond acceptors (Lipinski definition) is 4. The molecule has 0 aliphatic heterocycles. The molecule has 0 spiro atoms. The van der Waals surface area contributed by atoms with Crippen LogP contribution < -0.4 is 5.32 Å². The minimum Gasteiger partial charge on any atom is -0.360 e. The van der Waals surface area contributed by atoms with E-state index in [1.807, 2.05) is 37.4 Å². The summed E-state index contributed by atoms with van der Waals surface area (Å²) in [5.41, 5.74) is 2.05. The summed E-state index contributed by atoms with van der Waals surface area (Å²) < 4.78 is 18.3. The lowest BCUT2D eigenvalue weighted by Gasteiger charge is -2.29. The van der Waals surface area contributed by atoms with Gasteiger partial charge in [-0.2, -0.15) is 0 Å². The number of halogens is 1. The number of hydrogen-bond donors (Lipinski definition) is 1. The molecule has 3 rings (SSSR count). The quantitative estimate of drug-likeness (QED) is 0.681. The fourth-order valence-electron chi connectivity index (χ4n) is 3.02. The summed E-state index contributed by atoms with van der Waals surface area (Å²) in [6, 6.07) is 18.0. The molecule has 3 aromatic rings. The van der Waals surface area contributed by atoms with Crippen LogP contribution in [-0.2, 0) is 4.79 Å². The number of nitrogens with zero attached hydrogens (tertiary/aromatic N) is 2. The number of rotatable bonds is 7. The first-order chi connectivity index (χ1) is 13.0. The first-order valence-electron chi connectivity index (χ1n) is 8.77. The van der Waals surface area contributed by atoms with Crippen LogP contribution in [0.15, 0.2) is 65.2 Å². The number of anilines is 1. The molecule has 0 bridgehead atoms. The Labute approximate surface area is 157 Å². The Balaban J connectivity index is 1.70. The van der Waals surface area contributed by atoms with Crippen molar-refractivity contribution in [3.05, 3.63) is 83.4 Å². The van der Waals surface area contributed by atoms with Gasteiger partial charge in [0.25, 0.3) is 0 Å². The van der Waals surface area contributed by atoms with Crippen LogP contribution >= 0.6 is 0 Å². The van der Waals surface area contributed by atoms with Crippen LogP contribution in [0.3, 0.4) is 0 Å². The van der Waals surface area contributed by atoms with Gasteiger partial charge in [-0.3, -0.25) is 9.69 Å². The van der Waals surface area contributed by atoms with E-state index in [9.17, 15) is 9.18 Å². The molecular formula is C21H22FN3O2. The Morgan fingerprint density at radius 2 is 1.81 bits per heavy atom. The van der Waals surface area contributed by atoms with Crippen molar-refractivity contribution in [1.29, 1.82) is 0 Å². The Bertz CT molecular complexity index is 878. The third-order valence-electron chi connectivity index (χ3n) is 4.33. The predicted octanol–water partition coefficient (Wildman–Crippen LogP) is 4.17. The van der Waals surface area contributed by atoms with Gasteiger partial charge in [-0.05, 0) is 37.2 Å². The van der Waals surface area contributed by atoms with Gasteiger partial charge in [0.1, 0.15) is 11.6 Å². The molecule has 140 valence electrons. The Kier molecular flexibility index (Phi) is 5.98. The Morgan fingerprint density at radius 3 is 2.44 bits per heavy atom. The number of aromatic nitrogens is 1. The number of benzene rings is 2. The maximum absolute atomic E-state index is 13.3. The van der Waals surface area contributed by atoms with Crippen LogP contribution in [0.5, 0.6) is 0 Å². The van der Waals surface area contributed by atoms with Crippen LogP contribution in [0.25, 0.3) is 0 Å². The lowest BCUT2D eigenvalue weighted by molar-refractivity contribution is -0.116. The van der Waals surface area contributed by atoms with E-state index in [1.54, 1.807) is 25.1 Å². The van der Waals surface area contributed by atoms with Gasteiger partial charge in [0.05, 0.1) is 6.04 Å². The highest BCUT2D eigenvalue weighted by molar-refractivity contribution is 5.89. The van der Waals surface area contributed by atoms with Crippen molar-refractivity contribution in [1.82, 2.24) is 10.1 Å². The van der Waals surface area contributed by atoms with Crippen LogP contribution in [-0.4, -0.2) is 29.6 Å². The first-order valence-corrected chi connectivity index (χ1v) is 8.77. The normalized spacial score (nSPS) is 12.1. The van der Waals surface area contributed by atoms with Crippen LogP contribution in [0.1, 0.15) is 29.3 Å². The van der Waals surface area contributed by atoms with Crippen molar-refractivity contribution in [2.45, 2.75) is 19.4 Å². The molecule has 1 heterocycles. The molecule has 0 saturated carbocycles. The average Bonchev–Trinajstić information content (AvgIpc) is 3.07. The molecule has 1 atom stereocenters. The zero-order valence-electron chi connectivity index (χ0n) is 15.4. The Morgan fingerprint density at radius 1 is 1.15 bits per heavy atom. The number of aryl methyl sites for hydroxylation is 1. The SMILES string of the molecule is Cc1cc(NC(=O)CCN(C)[C@@H](c2ccccc2)c2ccc(F)cc2)no1. The minimum atomic E-state index is -0.268. The summed E-state index contributed by atoms with van der Waals surface area (Å²) >= 11 is 0. The molecule has 2 aromatic carbocycles. The monoisotopic (exact) mass is 367 g/mol. The summed E-state index contributed by atoms with van der Waals surface area (Å²) in [6.45, 7) is 2.29. The van der Waals surface area contributed by atoms with Gasteiger partial charge < -0.3 is 9.84 Å². The van der Waals surface area contributed by atoms with E-state index in [4.69, 9.17) is 4.52 Å². The molecule has 1 aromatic heterocycles. The standard InChI is InChI=1S/C21H22FN3O2/c1-15-14-19(24-27-15)23-20(26)12-13-25(2)21(16-6-4-3-5-7-16)17-8-10-18(22)11-9-17/h3-11,14,21H,12-13H2,1-2H3,(H,23,24,26)/t21-/m0/s1. The summed E-state index contributed by atoms with van der Waals surface area (Å²) in [5.74, 6) is 0.651. The highest BCUT2D eigenvalue weighted by atomic mass is 19.1. The zero-order chi connectivity index (χ0) is 19.2. The molecule has 5 nitrogen and oxygen atoms in total. The molecule has 27 heavy (non-hydrogen) atoms. The number of nitrogens with one attached hydrogen (secondary N) is 1. The molecule has 6 heteroatoms. The van der Waals surface area contributed by atoms with Gasteiger partial charge >= 0.3 is 0 Å². The maximum Gasteiger partial charge on any atom is 0.226 e. The van der Waals surface area contributed by atoms with E-state index in [-0.39, 0.29) is 17.8 Å². The van der Waals surface area contributed by atoms with Crippen molar-refractivity contribution in [2.24, 2.45) is 0 Å². The zero-order valence-corrected chi connectivity index (χ0v) is 15.4. The molecule has 0 aliphatic carbocycles. The van der Waals surface area contributed by atoms with E-state index in [2.05, 4.69) is 15.4 Å². The van der Waals surface area contributed by atoms with Crippen LogP contribution in [0, 0.1) is 12.7 Å². The minimum absolute atomic E-state index is 0.0751. The van der Waals surface area contributed by atoms with Crippen molar-refractivity contribution in [3.63, 3.8) is 0 Å². The van der Waals surface area contributed by atoms with Crippen molar-refractivity contribution in [2.75, 3.05) is 18.9 Å². The third-order valence-corrected chi connectivity index (χ3v) is 4.33. The summed E-state index contributed by atoms with van der Waals surface area (Å²) in [6.07, 6.45) is 0.299. The second-order valence-electron chi connectivity index (χ2n) is 6.47. The fourth-order valence-corrected chi connectivity index (χ4v) is 3.02. The Hall–Kier alpha value is -2.99. The van der Waals surface area contributed by atoms with E-state index < -0.39 is 0 Å². The number of amides is 1. The molecule has 0 aliphatic rings. The summed E-state index contributed by atoms with van der Waals surface area (Å²) in [4.78, 5) is 14.3.